The summed E-state index contributed by atoms with van der Waals surface area (Å²) in [4.78, 5) is 37.2. The van der Waals surface area contributed by atoms with E-state index < -0.39 is 18.1 Å². The van der Waals surface area contributed by atoms with Crippen LogP contribution in [0.2, 0.25) is 0 Å². The van der Waals surface area contributed by atoms with Crippen LogP contribution < -0.4 is 0 Å². The number of likely N-dealkylation sites (N-methyl/N-ethyl adjacent to an activating group) is 1. The van der Waals surface area contributed by atoms with Crippen LogP contribution in [0, 0.1) is 0 Å². The topological polar surface area (TPSA) is 99.1 Å². The molecule has 0 aromatic carbocycles. The molecule has 0 saturated carbocycles. The fourth-order valence-electron chi connectivity index (χ4n) is 8.80. The van der Waals surface area contributed by atoms with Gasteiger partial charge in [-0.3, -0.25) is 9.59 Å². The Morgan fingerprint density at radius 1 is 0.446 bits per heavy atom. The van der Waals surface area contributed by atoms with Crippen LogP contribution in [0.15, 0.2) is 12.2 Å². The molecule has 0 amide bonds. The molecule has 8 nitrogen and oxygen atoms in total. The van der Waals surface area contributed by atoms with Crippen molar-refractivity contribution >= 4 is 17.9 Å². The number of hydrogen-bond acceptors (Lipinski definition) is 6. The number of aliphatic carboxylic acids is 1. The zero-order chi connectivity index (χ0) is 47.7. The third-order valence-corrected chi connectivity index (χ3v) is 13.2. The van der Waals surface area contributed by atoms with Crippen LogP contribution in [0.3, 0.4) is 0 Å². The summed E-state index contributed by atoms with van der Waals surface area (Å²) in [5, 5.41) is 9.67. The second-order valence-corrected chi connectivity index (χ2v) is 20.6. The highest BCUT2D eigenvalue weighted by atomic mass is 16.6. The Morgan fingerprint density at radius 2 is 0.769 bits per heavy atom. The van der Waals surface area contributed by atoms with Gasteiger partial charge in [0.05, 0.1) is 34.4 Å². The van der Waals surface area contributed by atoms with E-state index in [1.807, 2.05) is 21.1 Å². The summed E-state index contributed by atoms with van der Waals surface area (Å²) in [5.74, 6) is -1.44. The molecular formula is C57H110NO7+. The van der Waals surface area contributed by atoms with Gasteiger partial charge in [0, 0.05) is 19.3 Å². The number of rotatable bonds is 52. The summed E-state index contributed by atoms with van der Waals surface area (Å²) >= 11 is 0. The average Bonchev–Trinajstić information content (AvgIpc) is 3.27. The van der Waals surface area contributed by atoms with Crippen molar-refractivity contribution in [2.24, 2.45) is 0 Å². The summed E-state index contributed by atoms with van der Waals surface area (Å²) in [5.41, 5.74) is 0. The number of carbonyl (C=O) groups is 3. The summed E-state index contributed by atoms with van der Waals surface area (Å²) in [6, 6.07) is -0.612. The Kier molecular flexibility index (Phi) is 47.1. The van der Waals surface area contributed by atoms with Crippen LogP contribution >= 0.6 is 0 Å². The Morgan fingerprint density at radius 3 is 1.11 bits per heavy atom. The molecule has 0 aromatic heterocycles. The minimum Gasteiger partial charge on any atom is -0.477 e. The maximum absolute atomic E-state index is 12.8. The van der Waals surface area contributed by atoms with Crippen LogP contribution in [-0.2, 0) is 28.6 Å². The number of nitrogens with zero attached hydrogens (tertiary/aromatic N) is 1. The zero-order valence-corrected chi connectivity index (χ0v) is 44.0. The molecule has 0 rings (SSSR count). The minimum absolute atomic E-state index is 0.0446. The van der Waals surface area contributed by atoms with E-state index in [4.69, 9.17) is 14.2 Å². The molecule has 0 aromatic rings. The molecule has 8 heteroatoms. The van der Waals surface area contributed by atoms with Crippen molar-refractivity contribution in [2.75, 3.05) is 41.0 Å². The standard InChI is InChI=1S/C57H109NO7/c1-6-8-10-12-14-16-18-20-22-24-26-28-30-32-34-36-38-40-42-44-46-48-56(60)65-53(51-63-50-49-54(57(61)62)58(3,4)5)52-64-55(59)47-45-43-41-39-37-35-33-31-29-27-25-23-21-19-17-15-13-11-9-7-2/h24,26,53-54H,6-23,25,27-52H2,1-5H3/p+1/b26-24-. The van der Waals surface area contributed by atoms with E-state index in [0.717, 1.165) is 38.5 Å². The molecule has 0 saturated heterocycles. The lowest BCUT2D eigenvalue weighted by atomic mass is 10.0. The van der Waals surface area contributed by atoms with Crippen LogP contribution in [-0.4, -0.2) is 80.6 Å². The van der Waals surface area contributed by atoms with Crippen molar-refractivity contribution in [1.82, 2.24) is 0 Å². The van der Waals surface area contributed by atoms with Crippen LogP contribution in [0.25, 0.3) is 0 Å². The van der Waals surface area contributed by atoms with Gasteiger partial charge in [0.2, 0.25) is 0 Å². The fraction of sp³-hybridized carbons (Fsp3) is 0.912. The molecule has 1 N–H and O–H groups in total. The number of hydrogen-bond donors (Lipinski definition) is 1. The van der Waals surface area contributed by atoms with E-state index in [1.54, 1.807) is 0 Å². The summed E-state index contributed by atoms with van der Waals surface area (Å²) in [6.07, 6.45) is 55.5. The number of unbranched alkanes of at least 4 members (excludes halogenated alkanes) is 36. The van der Waals surface area contributed by atoms with Crippen molar-refractivity contribution in [2.45, 2.75) is 296 Å². The molecular weight excluding hydrogens is 811 g/mol. The predicted molar refractivity (Wildman–Crippen MR) is 276 cm³/mol. The van der Waals surface area contributed by atoms with Gasteiger partial charge in [-0.25, -0.2) is 4.79 Å². The number of ether oxygens (including phenoxy) is 3. The van der Waals surface area contributed by atoms with Crippen molar-refractivity contribution in [1.29, 1.82) is 0 Å². The first-order chi connectivity index (χ1) is 31.6. The number of esters is 2. The summed E-state index contributed by atoms with van der Waals surface area (Å²) in [6.45, 7) is 4.80. The van der Waals surface area contributed by atoms with Crippen molar-refractivity contribution in [3.8, 4) is 0 Å². The van der Waals surface area contributed by atoms with E-state index in [2.05, 4.69) is 26.0 Å². The fourth-order valence-corrected chi connectivity index (χ4v) is 8.80. The normalized spacial score (nSPS) is 12.8. The van der Waals surface area contributed by atoms with Gasteiger partial charge in [-0.1, -0.05) is 238 Å². The highest BCUT2D eigenvalue weighted by Gasteiger charge is 2.31. The average molecular weight is 922 g/mol. The van der Waals surface area contributed by atoms with E-state index in [9.17, 15) is 19.5 Å². The molecule has 0 fully saturated rings. The van der Waals surface area contributed by atoms with E-state index in [0.29, 0.717) is 19.3 Å². The molecule has 0 aliphatic rings. The van der Waals surface area contributed by atoms with Gasteiger partial charge in [-0.15, -0.1) is 0 Å². The Hall–Kier alpha value is -1.93. The lowest BCUT2D eigenvalue weighted by Gasteiger charge is -2.31. The molecule has 2 unspecified atom stereocenters. The third kappa shape index (κ3) is 46.9. The molecule has 0 bridgehead atoms. The van der Waals surface area contributed by atoms with Gasteiger partial charge in [0.25, 0.3) is 0 Å². The number of carbonyl (C=O) groups excluding carboxylic acids is 2. The first-order valence-corrected chi connectivity index (χ1v) is 28.2. The zero-order valence-electron chi connectivity index (χ0n) is 44.0. The molecule has 0 aliphatic carbocycles. The third-order valence-electron chi connectivity index (χ3n) is 13.2. The second kappa shape index (κ2) is 48.5. The second-order valence-electron chi connectivity index (χ2n) is 20.6. The largest absolute Gasteiger partial charge is 0.477 e. The van der Waals surface area contributed by atoms with Gasteiger partial charge in [-0.05, 0) is 38.5 Å². The van der Waals surface area contributed by atoms with E-state index in [1.165, 1.54) is 212 Å². The van der Waals surface area contributed by atoms with Gasteiger partial charge < -0.3 is 23.8 Å². The number of quaternary nitrogens is 1. The molecule has 0 aliphatic heterocycles. The Bertz CT molecular complexity index is 1070. The first-order valence-electron chi connectivity index (χ1n) is 28.2. The molecule has 384 valence electrons. The maximum atomic E-state index is 12.8. The Balaban J connectivity index is 4.15. The molecule has 0 radical (unpaired) electrons. The predicted octanol–water partition coefficient (Wildman–Crippen LogP) is 16.6. The smallest absolute Gasteiger partial charge is 0.362 e. The maximum Gasteiger partial charge on any atom is 0.362 e. The SMILES string of the molecule is CCCCCCCCCC/C=C\CCCCCCCCCCCC(=O)OC(COCCC(C(=O)O)[N+](C)(C)C)COC(=O)CCCCCCCCCCCCCCCCCCCCCC. The van der Waals surface area contributed by atoms with Crippen molar-refractivity contribution in [3.05, 3.63) is 12.2 Å². The summed E-state index contributed by atoms with van der Waals surface area (Å²) in [7, 11) is 5.55. The van der Waals surface area contributed by atoms with Crippen molar-refractivity contribution < 1.29 is 38.2 Å². The lowest BCUT2D eigenvalue weighted by molar-refractivity contribution is -0.887. The summed E-state index contributed by atoms with van der Waals surface area (Å²) < 4.78 is 17.4. The van der Waals surface area contributed by atoms with Crippen LogP contribution in [0.4, 0.5) is 0 Å². The van der Waals surface area contributed by atoms with Gasteiger partial charge in [0.15, 0.2) is 12.1 Å². The number of carboxylic acid groups (broad SMARTS) is 1. The van der Waals surface area contributed by atoms with E-state index in [-0.39, 0.29) is 36.2 Å². The van der Waals surface area contributed by atoms with Crippen molar-refractivity contribution in [3.63, 3.8) is 0 Å². The van der Waals surface area contributed by atoms with Gasteiger partial charge in [-0.2, -0.15) is 0 Å². The molecule has 0 heterocycles. The monoisotopic (exact) mass is 921 g/mol. The minimum atomic E-state index is -0.870. The molecule has 2 atom stereocenters. The van der Waals surface area contributed by atoms with Gasteiger partial charge >= 0.3 is 17.9 Å². The Labute approximate surface area is 403 Å². The highest BCUT2D eigenvalue weighted by Crippen LogP contribution is 2.17. The first kappa shape index (κ1) is 63.1. The number of carboxylic acids is 1. The van der Waals surface area contributed by atoms with E-state index >= 15 is 0 Å². The van der Waals surface area contributed by atoms with Gasteiger partial charge in [0.1, 0.15) is 6.61 Å². The van der Waals surface area contributed by atoms with Crippen LogP contribution in [0.1, 0.15) is 284 Å². The highest BCUT2D eigenvalue weighted by molar-refractivity contribution is 5.72. The number of allylic oxidation sites excluding steroid dienone is 2. The van der Waals surface area contributed by atoms with Crippen LogP contribution in [0.5, 0.6) is 0 Å². The quantitative estimate of drug-likeness (QED) is 0.0281. The molecule has 0 spiro atoms. The molecule has 65 heavy (non-hydrogen) atoms. The lowest BCUT2D eigenvalue weighted by Crippen LogP contribution is -2.50.